The van der Waals surface area contributed by atoms with Crippen LogP contribution in [0.5, 0.6) is 5.75 Å². The number of aromatic nitrogens is 1. The number of ether oxygens (including phenoxy) is 1. The van der Waals surface area contributed by atoms with E-state index in [0.29, 0.717) is 37.4 Å². The summed E-state index contributed by atoms with van der Waals surface area (Å²) in [5.41, 5.74) is 0.131. The average molecular weight is 473 g/mol. The van der Waals surface area contributed by atoms with Gasteiger partial charge in [-0.15, -0.1) is 0 Å². The van der Waals surface area contributed by atoms with Crippen molar-refractivity contribution in [2.75, 3.05) is 19.6 Å². The van der Waals surface area contributed by atoms with Gasteiger partial charge in [0.25, 0.3) is 5.91 Å². The van der Waals surface area contributed by atoms with E-state index in [0.717, 1.165) is 17.7 Å². The van der Waals surface area contributed by atoms with Gasteiger partial charge >= 0.3 is 6.18 Å². The molecule has 0 spiro atoms. The first-order valence-corrected chi connectivity index (χ1v) is 10.7. The second-order valence-corrected chi connectivity index (χ2v) is 7.85. The number of halogens is 3. The number of piperidine rings is 1. The number of carbonyl (C=O) groups excluding carboxylic acids is 2. The molecule has 1 N–H and O–H groups in total. The minimum absolute atomic E-state index is 0.0790. The maximum Gasteiger partial charge on any atom is 0.416 e. The molecule has 10 heteroatoms. The third-order valence-corrected chi connectivity index (χ3v) is 5.48. The number of alkyl halides is 3. The Bertz CT molecular complexity index is 1120. The molecule has 3 aromatic rings. The zero-order valence-corrected chi connectivity index (χ0v) is 18.0. The number of hydrogen-bond acceptors (Lipinski definition) is 5. The molecule has 2 heterocycles. The molecular weight excluding hydrogens is 451 g/mol. The molecule has 0 aliphatic carbocycles. The average Bonchev–Trinajstić information content (AvgIpc) is 3.34. The minimum Gasteiger partial charge on any atom is -0.490 e. The molecule has 0 unspecified atom stereocenters. The van der Waals surface area contributed by atoms with Gasteiger partial charge in [-0.25, -0.2) is 0 Å². The van der Waals surface area contributed by atoms with Gasteiger partial charge in [-0.3, -0.25) is 9.59 Å². The largest absolute Gasteiger partial charge is 0.490 e. The molecule has 0 radical (unpaired) electrons. The summed E-state index contributed by atoms with van der Waals surface area (Å²) in [5.74, 6) is 0.0487. The van der Waals surface area contributed by atoms with Crippen molar-refractivity contribution in [3.63, 3.8) is 0 Å². The third kappa shape index (κ3) is 5.75. The quantitative estimate of drug-likeness (QED) is 0.581. The molecule has 178 valence electrons. The van der Waals surface area contributed by atoms with E-state index in [1.807, 2.05) is 30.3 Å². The fraction of sp³-hybridized carbons (Fsp3) is 0.292. The summed E-state index contributed by atoms with van der Waals surface area (Å²) < 4.78 is 49.0. The zero-order chi connectivity index (χ0) is 24.1. The molecule has 2 aromatic carbocycles. The Morgan fingerprint density at radius 1 is 1.06 bits per heavy atom. The van der Waals surface area contributed by atoms with E-state index < -0.39 is 17.6 Å². The summed E-state index contributed by atoms with van der Waals surface area (Å²) in [5, 5.41) is 6.31. The lowest BCUT2D eigenvalue weighted by Gasteiger charge is -2.32. The van der Waals surface area contributed by atoms with Gasteiger partial charge in [-0.2, -0.15) is 13.2 Å². The van der Waals surface area contributed by atoms with Crippen molar-refractivity contribution in [3.05, 3.63) is 71.9 Å². The summed E-state index contributed by atoms with van der Waals surface area (Å²) >= 11 is 0. The van der Waals surface area contributed by atoms with Gasteiger partial charge in [0, 0.05) is 37.6 Å². The standard InChI is InChI=1S/C24H22F3N3O4/c25-24(26,27)17-6-8-18(9-7-17)33-19-10-12-30(13-11-19)22(31)15-28-23(32)20-14-21(34-29-20)16-4-2-1-3-5-16/h1-9,14,19H,10-13,15H2,(H,28,32). The van der Waals surface area contributed by atoms with Crippen molar-refractivity contribution in [2.24, 2.45) is 0 Å². The number of nitrogens with zero attached hydrogens (tertiary/aromatic N) is 2. The van der Waals surface area contributed by atoms with E-state index in [-0.39, 0.29) is 24.2 Å². The predicted molar refractivity (Wildman–Crippen MR) is 116 cm³/mol. The van der Waals surface area contributed by atoms with Crippen LogP contribution in [0.3, 0.4) is 0 Å². The van der Waals surface area contributed by atoms with E-state index in [1.54, 1.807) is 4.90 Å². The molecule has 1 aliphatic heterocycles. The lowest BCUT2D eigenvalue weighted by molar-refractivity contribution is -0.137. The molecule has 1 aromatic heterocycles. The Morgan fingerprint density at radius 2 is 1.74 bits per heavy atom. The molecule has 1 aliphatic rings. The Morgan fingerprint density at radius 3 is 2.38 bits per heavy atom. The number of rotatable bonds is 6. The van der Waals surface area contributed by atoms with E-state index in [1.165, 1.54) is 18.2 Å². The summed E-state index contributed by atoms with van der Waals surface area (Å²) in [7, 11) is 0. The summed E-state index contributed by atoms with van der Waals surface area (Å²) in [6.07, 6.45) is -3.53. The highest BCUT2D eigenvalue weighted by molar-refractivity contribution is 5.95. The molecule has 1 saturated heterocycles. The lowest BCUT2D eigenvalue weighted by Crippen LogP contribution is -2.46. The highest BCUT2D eigenvalue weighted by Crippen LogP contribution is 2.31. The highest BCUT2D eigenvalue weighted by Gasteiger charge is 2.30. The Balaban J connectivity index is 1.22. The monoisotopic (exact) mass is 473 g/mol. The molecule has 4 rings (SSSR count). The van der Waals surface area contributed by atoms with Crippen molar-refractivity contribution in [3.8, 4) is 17.1 Å². The molecule has 0 atom stereocenters. The number of amides is 2. The van der Waals surface area contributed by atoms with Crippen LogP contribution < -0.4 is 10.1 Å². The van der Waals surface area contributed by atoms with Gasteiger partial charge in [0.2, 0.25) is 5.91 Å². The van der Waals surface area contributed by atoms with Crippen LogP contribution in [0.15, 0.2) is 65.2 Å². The first-order chi connectivity index (χ1) is 16.3. The highest BCUT2D eigenvalue weighted by atomic mass is 19.4. The van der Waals surface area contributed by atoms with Crippen molar-refractivity contribution in [1.82, 2.24) is 15.4 Å². The van der Waals surface area contributed by atoms with E-state index in [2.05, 4.69) is 10.5 Å². The topological polar surface area (TPSA) is 84.7 Å². The number of benzene rings is 2. The fourth-order valence-corrected chi connectivity index (χ4v) is 3.62. The minimum atomic E-state index is -4.39. The van der Waals surface area contributed by atoms with Crippen LogP contribution in [0.25, 0.3) is 11.3 Å². The van der Waals surface area contributed by atoms with Gasteiger partial charge in [-0.05, 0) is 24.3 Å². The van der Waals surface area contributed by atoms with Crippen molar-refractivity contribution in [2.45, 2.75) is 25.1 Å². The van der Waals surface area contributed by atoms with Crippen LogP contribution in [0, 0.1) is 0 Å². The van der Waals surface area contributed by atoms with Gasteiger partial charge in [-0.1, -0.05) is 35.5 Å². The number of likely N-dealkylation sites (tertiary alicyclic amines) is 1. The Hall–Kier alpha value is -3.82. The molecule has 7 nitrogen and oxygen atoms in total. The lowest BCUT2D eigenvalue weighted by atomic mass is 10.1. The van der Waals surface area contributed by atoms with Crippen LogP contribution in [0.1, 0.15) is 28.9 Å². The van der Waals surface area contributed by atoms with E-state index in [4.69, 9.17) is 9.26 Å². The van der Waals surface area contributed by atoms with Gasteiger partial charge < -0.3 is 19.5 Å². The normalized spacial score (nSPS) is 14.6. The smallest absolute Gasteiger partial charge is 0.416 e. The van der Waals surface area contributed by atoms with Crippen LogP contribution in [-0.2, 0) is 11.0 Å². The molecular formula is C24H22F3N3O4. The van der Waals surface area contributed by atoms with Crippen molar-refractivity contribution >= 4 is 11.8 Å². The van der Waals surface area contributed by atoms with Gasteiger partial charge in [0.15, 0.2) is 11.5 Å². The Labute approximate surface area is 193 Å². The number of nitrogens with one attached hydrogen (secondary N) is 1. The van der Waals surface area contributed by atoms with Crippen LogP contribution >= 0.6 is 0 Å². The maximum absolute atomic E-state index is 12.7. The van der Waals surface area contributed by atoms with E-state index >= 15 is 0 Å². The van der Waals surface area contributed by atoms with E-state index in [9.17, 15) is 22.8 Å². The maximum atomic E-state index is 12.7. The summed E-state index contributed by atoms with van der Waals surface area (Å²) in [6, 6.07) is 15.3. The van der Waals surface area contributed by atoms with Crippen molar-refractivity contribution in [1.29, 1.82) is 0 Å². The SMILES string of the molecule is O=C(NCC(=O)N1CCC(Oc2ccc(C(F)(F)F)cc2)CC1)c1cc(-c2ccccc2)on1. The van der Waals surface area contributed by atoms with Crippen LogP contribution in [0.4, 0.5) is 13.2 Å². The number of carbonyl (C=O) groups is 2. The van der Waals surface area contributed by atoms with Crippen molar-refractivity contribution < 1.29 is 32.0 Å². The zero-order valence-electron chi connectivity index (χ0n) is 18.0. The van der Waals surface area contributed by atoms with Crippen LogP contribution in [-0.4, -0.2) is 47.6 Å². The fourth-order valence-electron chi connectivity index (χ4n) is 3.62. The summed E-state index contributed by atoms with van der Waals surface area (Å²) in [4.78, 5) is 26.4. The third-order valence-electron chi connectivity index (χ3n) is 5.48. The van der Waals surface area contributed by atoms with Gasteiger partial charge in [0.1, 0.15) is 11.9 Å². The van der Waals surface area contributed by atoms with Gasteiger partial charge in [0.05, 0.1) is 12.1 Å². The molecule has 0 saturated carbocycles. The molecule has 0 bridgehead atoms. The molecule has 1 fully saturated rings. The molecule has 34 heavy (non-hydrogen) atoms. The second kappa shape index (κ2) is 9.98. The Kier molecular flexibility index (Phi) is 6.85. The number of hydrogen-bond donors (Lipinski definition) is 1. The second-order valence-electron chi connectivity index (χ2n) is 7.85. The van der Waals surface area contributed by atoms with Crippen LogP contribution in [0.2, 0.25) is 0 Å². The summed E-state index contributed by atoms with van der Waals surface area (Å²) in [6.45, 7) is 0.654. The molecule has 2 amide bonds. The predicted octanol–water partition coefficient (Wildman–Crippen LogP) is 4.16. The first-order valence-electron chi connectivity index (χ1n) is 10.7. The first kappa shape index (κ1) is 23.3.